The fourth-order valence-corrected chi connectivity index (χ4v) is 3.22. The summed E-state index contributed by atoms with van der Waals surface area (Å²) in [6.07, 6.45) is 0. The Balaban J connectivity index is 1.76. The van der Waals surface area contributed by atoms with Crippen LogP contribution < -0.4 is 7.06 Å². The van der Waals surface area contributed by atoms with E-state index in [1.54, 1.807) is 0 Å². The standard InChI is InChI=1S/C10H9NO.C6H6O.Ga/c1-7-5-6-8-3-2-4-9(12)10(8)11-7;7-6-4-2-1-3-5-6;/h2-6,12H,1H3;1-5,7H;/q;;+2/p-2. The molecule has 0 spiro atoms. The van der Waals surface area contributed by atoms with E-state index in [1.807, 2.05) is 61.5 Å². The molecule has 0 unspecified atom stereocenters. The van der Waals surface area contributed by atoms with Gasteiger partial charge in [0.25, 0.3) is 0 Å². The Morgan fingerprint density at radius 1 is 0.850 bits per heavy atom. The molecule has 2 aromatic carbocycles. The molecule has 0 saturated heterocycles. The Kier molecular flexibility index (Phi) is 3.94. The van der Waals surface area contributed by atoms with E-state index in [9.17, 15) is 0 Å². The fraction of sp³-hybridized carbons (Fsp3) is 0.0625. The van der Waals surface area contributed by atoms with Crippen molar-refractivity contribution >= 4 is 29.0 Å². The molecule has 0 aliphatic rings. The van der Waals surface area contributed by atoms with Crippen molar-refractivity contribution in [2.24, 2.45) is 0 Å². The molecule has 1 radical (unpaired) electrons. The minimum atomic E-state index is -1.29. The molecule has 0 atom stereocenters. The van der Waals surface area contributed by atoms with Gasteiger partial charge in [0.2, 0.25) is 0 Å². The molecule has 0 bridgehead atoms. The van der Waals surface area contributed by atoms with Gasteiger partial charge in [0.1, 0.15) is 0 Å². The number of rotatable bonds is 4. The first-order valence-electron chi connectivity index (χ1n) is 6.39. The van der Waals surface area contributed by atoms with Crippen molar-refractivity contribution in [2.45, 2.75) is 6.92 Å². The van der Waals surface area contributed by atoms with Gasteiger partial charge in [-0.2, -0.15) is 0 Å². The molecule has 20 heavy (non-hydrogen) atoms. The number of pyridine rings is 1. The first kappa shape index (κ1) is 13.1. The molecule has 0 fully saturated rings. The SMILES string of the molecule is Cc1ccc2cccc([O][Ga][O]c3ccccc3)c2n1. The van der Waals surface area contributed by atoms with Gasteiger partial charge in [-0.3, -0.25) is 0 Å². The summed E-state index contributed by atoms with van der Waals surface area (Å²) in [5, 5.41) is 1.09. The molecule has 3 aromatic rings. The summed E-state index contributed by atoms with van der Waals surface area (Å²) in [6, 6.07) is 19.8. The van der Waals surface area contributed by atoms with Crippen molar-refractivity contribution in [3.63, 3.8) is 0 Å². The zero-order chi connectivity index (χ0) is 13.8. The van der Waals surface area contributed by atoms with Crippen LogP contribution in [0.4, 0.5) is 0 Å². The summed E-state index contributed by atoms with van der Waals surface area (Å²) in [6.45, 7) is 1.98. The van der Waals surface area contributed by atoms with Gasteiger partial charge in [0.15, 0.2) is 0 Å². The van der Waals surface area contributed by atoms with E-state index in [2.05, 4.69) is 11.1 Å². The van der Waals surface area contributed by atoms with Gasteiger partial charge >= 0.3 is 126 Å². The normalized spacial score (nSPS) is 10.2. The van der Waals surface area contributed by atoms with Crippen molar-refractivity contribution in [2.75, 3.05) is 0 Å². The molecular formula is C16H13GaNO2. The average Bonchev–Trinajstić information content (AvgIpc) is 2.49. The van der Waals surface area contributed by atoms with Crippen LogP contribution in [0.2, 0.25) is 0 Å². The predicted molar refractivity (Wildman–Crippen MR) is 79.9 cm³/mol. The molecule has 0 saturated carbocycles. The summed E-state index contributed by atoms with van der Waals surface area (Å²) >= 11 is -1.29. The molecule has 0 amide bonds. The van der Waals surface area contributed by atoms with Crippen molar-refractivity contribution in [3.05, 3.63) is 66.4 Å². The Morgan fingerprint density at radius 2 is 1.70 bits per heavy atom. The summed E-state index contributed by atoms with van der Waals surface area (Å²) < 4.78 is 11.5. The monoisotopic (exact) mass is 320 g/mol. The van der Waals surface area contributed by atoms with Gasteiger partial charge in [-0.25, -0.2) is 0 Å². The molecule has 97 valence electrons. The second-order valence-corrected chi connectivity index (χ2v) is 5.82. The van der Waals surface area contributed by atoms with E-state index < -0.39 is 18.1 Å². The van der Waals surface area contributed by atoms with Gasteiger partial charge in [0, 0.05) is 0 Å². The van der Waals surface area contributed by atoms with Crippen molar-refractivity contribution in [1.82, 2.24) is 4.98 Å². The van der Waals surface area contributed by atoms with Gasteiger partial charge in [-0.1, -0.05) is 0 Å². The molecule has 4 heteroatoms. The molecule has 0 aliphatic carbocycles. The van der Waals surface area contributed by atoms with Crippen molar-refractivity contribution in [3.8, 4) is 11.5 Å². The zero-order valence-corrected chi connectivity index (χ0v) is 13.5. The van der Waals surface area contributed by atoms with Crippen LogP contribution in [0.1, 0.15) is 5.69 Å². The topological polar surface area (TPSA) is 31.4 Å². The van der Waals surface area contributed by atoms with E-state index in [4.69, 9.17) is 7.06 Å². The van der Waals surface area contributed by atoms with Crippen LogP contribution in [0.5, 0.6) is 11.5 Å². The quantitative estimate of drug-likeness (QED) is 0.689. The second kappa shape index (κ2) is 6.03. The summed E-state index contributed by atoms with van der Waals surface area (Å²) in [5.41, 5.74) is 1.89. The van der Waals surface area contributed by atoms with E-state index in [0.717, 1.165) is 28.1 Å². The van der Waals surface area contributed by atoms with Gasteiger partial charge in [-0.15, -0.1) is 0 Å². The Bertz CT molecular complexity index is 716. The summed E-state index contributed by atoms with van der Waals surface area (Å²) in [7, 11) is 0. The van der Waals surface area contributed by atoms with Gasteiger partial charge in [-0.05, 0) is 0 Å². The number of aryl methyl sites for hydroxylation is 1. The number of nitrogens with zero attached hydrogens (tertiary/aromatic N) is 1. The summed E-state index contributed by atoms with van der Waals surface area (Å²) in [5.74, 6) is 1.67. The van der Waals surface area contributed by atoms with Crippen LogP contribution in [0.25, 0.3) is 10.9 Å². The van der Waals surface area contributed by atoms with Crippen LogP contribution in [0.3, 0.4) is 0 Å². The maximum absolute atomic E-state index is 5.85. The van der Waals surface area contributed by atoms with Crippen LogP contribution in [0, 0.1) is 6.92 Å². The molecule has 3 nitrogen and oxygen atoms in total. The fourth-order valence-electron chi connectivity index (χ4n) is 1.94. The van der Waals surface area contributed by atoms with E-state index in [1.165, 1.54) is 0 Å². The van der Waals surface area contributed by atoms with E-state index in [0.29, 0.717) is 0 Å². The molecular weight excluding hydrogens is 308 g/mol. The average molecular weight is 321 g/mol. The molecule has 1 heterocycles. The number of fused-ring (bicyclic) bond motifs is 1. The third kappa shape index (κ3) is 2.97. The number of hydrogen-bond donors (Lipinski definition) is 0. The van der Waals surface area contributed by atoms with Crippen LogP contribution in [-0.4, -0.2) is 23.1 Å². The zero-order valence-electron chi connectivity index (χ0n) is 11.1. The predicted octanol–water partition coefficient (Wildman–Crippen LogP) is 3.54. The number of para-hydroxylation sites is 2. The Hall–Kier alpha value is -1.91. The Morgan fingerprint density at radius 3 is 2.55 bits per heavy atom. The summed E-state index contributed by atoms with van der Waals surface area (Å²) in [4.78, 5) is 4.55. The molecule has 0 N–H and O–H groups in total. The number of hydrogen-bond acceptors (Lipinski definition) is 3. The van der Waals surface area contributed by atoms with Crippen LogP contribution in [-0.2, 0) is 0 Å². The van der Waals surface area contributed by atoms with Crippen LogP contribution >= 0.6 is 0 Å². The van der Waals surface area contributed by atoms with Crippen molar-refractivity contribution in [1.29, 1.82) is 0 Å². The molecule has 3 rings (SSSR count). The van der Waals surface area contributed by atoms with Crippen LogP contribution in [0.15, 0.2) is 60.7 Å². The third-order valence-electron chi connectivity index (χ3n) is 2.92. The second-order valence-electron chi connectivity index (χ2n) is 4.43. The van der Waals surface area contributed by atoms with E-state index >= 15 is 0 Å². The number of benzene rings is 2. The third-order valence-corrected chi connectivity index (χ3v) is 4.43. The molecule has 0 aliphatic heterocycles. The van der Waals surface area contributed by atoms with E-state index in [-0.39, 0.29) is 0 Å². The van der Waals surface area contributed by atoms with Gasteiger partial charge in [0.05, 0.1) is 0 Å². The van der Waals surface area contributed by atoms with Gasteiger partial charge < -0.3 is 0 Å². The number of aromatic nitrogens is 1. The van der Waals surface area contributed by atoms with Crippen molar-refractivity contribution < 1.29 is 7.06 Å². The minimum absolute atomic E-state index is 0.808. The Labute approximate surface area is 126 Å². The first-order valence-corrected chi connectivity index (χ1v) is 8.37. The molecule has 1 aromatic heterocycles. The first-order chi connectivity index (χ1) is 9.83. The maximum atomic E-state index is 5.85.